The minimum absolute atomic E-state index is 0.0447. The van der Waals surface area contributed by atoms with E-state index in [2.05, 4.69) is 35.7 Å². The normalized spacial score (nSPS) is 16.4. The second kappa shape index (κ2) is 13.6. The maximum Gasteiger partial charge on any atom is 0.436 e. The van der Waals surface area contributed by atoms with Crippen molar-refractivity contribution < 1.29 is 27.1 Å². The standard InChI is InChI=1S/C34H27ClF4N10O3/c1-18-4-3-5-27(47-17-42-23(12-31(47)50)21-11-20(35)6-7-26(21)49-16-29(44-46-49)34(37,38)39)24-10-19(8-9-40-24)32-25(43-33(18)51)15-48(45-32)28-13-30(52-2)41-14-22(28)36/h6-18,27H,3-5H2,1-2H3,(H,43,51). The second-order valence-electron chi connectivity index (χ2n) is 12.0. The fourth-order valence-corrected chi connectivity index (χ4v) is 6.10. The van der Waals surface area contributed by atoms with Crippen molar-refractivity contribution in [3.8, 4) is 39.8 Å². The van der Waals surface area contributed by atoms with Crippen LogP contribution in [0.4, 0.5) is 23.2 Å². The summed E-state index contributed by atoms with van der Waals surface area (Å²) in [5.74, 6) is -1.20. The van der Waals surface area contributed by atoms with E-state index in [1.807, 2.05) is 0 Å². The Labute approximate surface area is 296 Å². The number of ether oxygens (including phenoxy) is 1. The first-order chi connectivity index (χ1) is 24.9. The van der Waals surface area contributed by atoms with E-state index in [1.54, 1.807) is 25.3 Å². The number of hydrogen-bond acceptors (Lipinski definition) is 9. The summed E-state index contributed by atoms with van der Waals surface area (Å²) in [4.78, 5) is 40.2. The molecular weight excluding hydrogens is 708 g/mol. The van der Waals surface area contributed by atoms with Gasteiger partial charge in [0.15, 0.2) is 11.5 Å². The summed E-state index contributed by atoms with van der Waals surface area (Å²) in [5.41, 5.74) is 0.623. The van der Waals surface area contributed by atoms with Crippen LogP contribution in [0, 0.1) is 11.7 Å². The average Bonchev–Trinajstić information content (AvgIpc) is 3.79. The Morgan fingerprint density at radius 3 is 2.56 bits per heavy atom. The predicted molar refractivity (Wildman–Crippen MR) is 180 cm³/mol. The highest BCUT2D eigenvalue weighted by Gasteiger charge is 2.35. The first kappa shape index (κ1) is 34.5. The molecule has 1 aliphatic heterocycles. The van der Waals surface area contributed by atoms with E-state index >= 15 is 0 Å². The smallest absolute Gasteiger partial charge is 0.436 e. The third kappa shape index (κ3) is 6.73. The van der Waals surface area contributed by atoms with Gasteiger partial charge in [-0.1, -0.05) is 30.2 Å². The van der Waals surface area contributed by atoms with Crippen molar-refractivity contribution in [1.82, 2.24) is 44.3 Å². The van der Waals surface area contributed by atoms with Crippen LogP contribution in [0.1, 0.15) is 43.6 Å². The number of benzene rings is 1. The van der Waals surface area contributed by atoms with Crippen LogP contribution in [0.25, 0.3) is 33.9 Å². The average molecular weight is 735 g/mol. The summed E-state index contributed by atoms with van der Waals surface area (Å²) in [6.45, 7) is 1.78. The second-order valence-corrected chi connectivity index (χ2v) is 12.5. The summed E-state index contributed by atoms with van der Waals surface area (Å²) in [7, 11) is 1.40. The van der Waals surface area contributed by atoms with Crippen molar-refractivity contribution >= 4 is 23.2 Å². The minimum atomic E-state index is -4.71. The fourth-order valence-electron chi connectivity index (χ4n) is 5.93. The van der Waals surface area contributed by atoms with Crippen molar-refractivity contribution in [2.45, 2.75) is 38.4 Å². The molecular formula is C34H27ClF4N10O3. The number of pyridine rings is 2. The lowest BCUT2D eigenvalue weighted by Crippen LogP contribution is -2.27. The van der Waals surface area contributed by atoms with E-state index < -0.39 is 35.2 Å². The van der Waals surface area contributed by atoms with Gasteiger partial charge in [-0.25, -0.2) is 23.7 Å². The number of alkyl halides is 3. The summed E-state index contributed by atoms with van der Waals surface area (Å²) in [6.07, 6.45) is 2.81. The Balaban J connectivity index is 1.30. The molecule has 2 atom stereocenters. The molecule has 7 rings (SSSR count). The monoisotopic (exact) mass is 734 g/mol. The van der Waals surface area contributed by atoms with Gasteiger partial charge in [-0.05, 0) is 43.2 Å². The van der Waals surface area contributed by atoms with Gasteiger partial charge in [0.1, 0.15) is 11.4 Å². The number of carbonyl (C=O) groups excluding carboxylic acids is 1. The van der Waals surface area contributed by atoms with Crippen LogP contribution in [0.5, 0.6) is 5.88 Å². The lowest BCUT2D eigenvalue weighted by molar-refractivity contribution is -0.141. The number of hydrogen-bond donors (Lipinski definition) is 1. The van der Waals surface area contributed by atoms with Gasteiger partial charge in [0.25, 0.3) is 5.56 Å². The molecule has 1 N–H and O–H groups in total. The first-order valence-corrected chi connectivity index (χ1v) is 16.2. The number of nitrogens with one attached hydrogen (secondary N) is 1. The van der Waals surface area contributed by atoms with Crippen molar-refractivity contribution in [3.05, 3.63) is 106 Å². The highest BCUT2D eigenvalue weighted by Crippen LogP contribution is 2.35. The molecule has 0 radical (unpaired) electrons. The molecule has 0 saturated heterocycles. The van der Waals surface area contributed by atoms with E-state index in [-0.39, 0.29) is 39.4 Å². The van der Waals surface area contributed by atoms with Crippen LogP contribution in [-0.2, 0) is 11.0 Å². The number of halogens is 5. The Morgan fingerprint density at radius 2 is 1.81 bits per heavy atom. The zero-order valence-corrected chi connectivity index (χ0v) is 28.1. The van der Waals surface area contributed by atoms with Gasteiger partial charge >= 0.3 is 6.18 Å². The molecule has 6 heterocycles. The molecule has 52 heavy (non-hydrogen) atoms. The molecule has 5 aromatic heterocycles. The van der Waals surface area contributed by atoms with Gasteiger partial charge in [0.05, 0.1) is 60.8 Å². The van der Waals surface area contributed by atoms with E-state index in [0.29, 0.717) is 41.9 Å². The Morgan fingerprint density at radius 1 is 0.981 bits per heavy atom. The van der Waals surface area contributed by atoms with Crippen LogP contribution in [0.2, 0.25) is 5.02 Å². The van der Waals surface area contributed by atoms with E-state index in [1.165, 1.54) is 59.2 Å². The zero-order chi connectivity index (χ0) is 36.7. The van der Waals surface area contributed by atoms with Crippen LogP contribution in [0.3, 0.4) is 0 Å². The van der Waals surface area contributed by atoms with Crippen molar-refractivity contribution in [3.63, 3.8) is 0 Å². The lowest BCUT2D eigenvalue weighted by Gasteiger charge is -2.22. The van der Waals surface area contributed by atoms with Crippen molar-refractivity contribution in [2.24, 2.45) is 5.92 Å². The molecule has 0 spiro atoms. The molecule has 6 aromatic rings. The topological polar surface area (TPSA) is 148 Å². The van der Waals surface area contributed by atoms with Crippen molar-refractivity contribution in [2.75, 3.05) is 12.4 Å². The van der Waals surface area contributed by atoms with Gasteiger partial charge in [0, 0.05) is 40.4 Å². The Hall–Kier alpha value is -5.97. The molecule has 13 nitrogen and oxygen atoms in total. The Bertz CT molecular complexity index is 2370. The van der Waals surface area contributed by atoms with Gasteiger partial charge in [0.2, 0.25) is 11.8 Å². The molecule has 2 bridgehead atoms. The van der Waals surface area contributed by atoms with Crippen LogP contribution in [-0.4, -0.2) is 57.3 Å². The summed E-state index contributed by atoms with van der Waals surface area (Å²) >= 11 is 6.26. The van der Waals surface area contributed by atoms with Gasteiger partial charge in [-0.15, -0.1) is 5.10 Å². The quantitative estimate of drug-likeness (QED) is 0.202. The Kier molecular flexibility index (Phi) is 9.04. The number of anilines is 1. The van der Waals surface area contributed by atoms with E-state index in [0.717, 1.165) is 17.1 Å². The van der Waals surface area contributed by atoms with Gasteiger partial charge in [-0.2, -0.15) is 18.3 Å². The van der Waals surface area contributed by atoms with Crippen LogP contribution >= 0.6 is 11.6 Å². The van der Waals surface area contributed by atoms with Crippen LogP contribution < -0.4 is 15.6 Å². The minimum Gasteiger partial charge on any atom is -0.481 e. The molecule has 1 amide bonds. The summed E-state index contributed by atoms with van der Waals surface area (Å²) in [6, 6.07) is 9.80. The number of fused-ring (bicyclic) bond motifs is 4. The predicted octanol–water partition coefficient (Wildman–Crippen LogP) is 6.30. The summed E-state index contributed by atoms with van der Waals surface area (Å²) in [5, 5.41) is 14.7. The molecule has 18 heteroatoms. The molecule has 0 fully saturated rings. The maximum absolute atomic E-state index is 14.9. The molecule has 266 valence electrons. The number of nitrogens with zero attached hydrogens (tertiary/aromatic N) is 9. The highest BCUT2D eigenvalue weighted by atomic mass is 35.5. The number of amides is 1. The van der Waals surface area contributed by atoms with Crippen molar-refractivity contribution in [1.29, 1.82) is 0 Å². The van der Waals surface area contributed by atoms with E-state index in [4.69, 9.17) is 16.3 Å². The number of aromatic nitrogens is 9. The molecule has 1 aromatic carbocycles. The third-order valence-corrected chi connectivity index (χ3v) is 8.87. The number of carbonyl (C=O) groups is 1. The molecule has 0 saturated carbocycles. The fraction of sp³-hybridized carbons (Fsp3) is 0.235. The third-order valence-electron chi connectivity index (χ3n) is 8.63. The molecule has 2 unspecified atom stereocenters. The number of rotatable bonds is 5. The largest absolute Gasteiger partial charge is 0.481 e. The number of methoxy groups -OCH3 is 1. The lowest BCUT2D eigenvalue weighted by atomic mass is 9.97. The zero-order valence-electron chi connectivity index (χ0n) is 27.3. The summed E-state index contributed by atoms with van der Waals surface area (Å²) < 4.78 is 63.6. The maximum atomic E-state index is 14.9. The van der Waals surface area contributed by atoms with E-state index in [9.17, 15) is 27.2 Å². The van der Waals surface area contributed by atoms with Gasteiger partial charge < -0.3 is 10.1 Å². The molecule has 0 aliphatic carbocycles. The highest BCUT2D eigenvalue weighted by molar-refractivity contribution is 6.31. The molecule has 1 aliphatic rings. The van der Waals surface area contributed by atoms with Crippen LogP contribution in [0.15, 0.2) is 78.4 Å². The first-order valence-electron chi connectivity index (χ1n) is 15.8. The SMILES string of the molecule is COc1cc(-n2cc3c(n2)-c2ccnc(c2)C(n2cnc(-c4cc(Cl)ccc4-n4cc(C(F)(F)F)nn4)cc2=O)CCCC(C)C(=O)N3)c(F)cn1. The van der Waals surface area contributed by atoms with Gasteiger partial charge in [-0.3, -0.25) is 19.1 Å².